The molecule has 2 aromatic rings. The Morgan fingerprint density at radius 3 is 2.38 bits per heavy atom. The van der Waals surface area contributed by atoms with Crippen LogP contribution in [0.25, 0.3) is 10.8 Å². The van der Waals surface area contributed by atoms with Gasteiger partial charge in [0.25, 0.3) is 0 Å². The van der Waals surface area contributed by atoms with Crippen molar-refractivity contribution in [2.24, 2.45) is 0 Å². The van der Waals surface area contributed by atoms with Crippen LogP contribution >= 0.6 is 0 Å². The summed E-state index contributed by atoms with van der Waals surface area (Å²) in [6.07, 6.45) is 0. The van der Waals surface area contributed by atoms with Crippen molar-refractivity contribution in [3.63, 3.8) is 0 Å². The van der Waals surface area contributed by atoms with E-state index in [1.807, 2.05) is 56.3 Å². The van der Waals surface area contributed by atoms with E-state index in [9.17, 15) is 9.59 Å². The Labute approximate surface area is 143 Å². The second-order valence-corrected chi connectivity index (χ2v) is 6.36. The van der Waals surface area contributed by atoms with Crippen LogP contribution in [0.3, 0.4) is 0 Å². The second kappa shape index (κ2) is 7.93. The number of carbonyl (C=O) groups excluding carboxylic acids is 2. The van der Waals surface area contributed by atoms with E-state index in [4.69, 9.17) is 0 Å². The van der Waals surface area contributed by atoms with E-state index in [2.05, 4.69) is 10.6 Å². The molecule has 1 atom stereocenters. The highest BCUT2D eigenvalue weighted by Gasteiger charge is 2.20. The molecule has 0 radical (unpaired) electrons. The van der Waals surface area contributed by atoms with Gasteiger partial charge in [-0.05, 0) is 50.7 Å². The van der Waals surface area contributed by atoms with Crippen molar-refractivity contribution in [2.75, 3.05) is 18.9 Å². The minimum Gasteiger partial charge on any atom is -0.353 e. The van der Waals surface area contributed by atoms with Crippen molar-refractivity contribution in [3.8, 4) is 0 Å². The van der Waals surface area contributed by atoms with Gasteiger partial charge in [-0.25, -0.2) is 0 Å². The van der Waals surface area contributed by atoms with E-state index in [0.717, 1.165) is 16.5 Å². The highest BCUT2D eigenvalue weighted by atomic mass is 16.2. The summed E-state index contributed by atoms with van der Waals surface area (Å²) in [7, 11) is 1.77. The van der Waals surface area contributed by atoms with Gasteiger partial charge in [-0.2, -0.15) is 0 Å². The fraction of sp³-hybridized carbons (Fsp3) is 0.368. The number of hydrogen-bond acceptors (Lipinski definition) is 3. The van der Waals surface area contributed by atoms with Crippen molar-refractivity contribution in [3.05, 3.63) is 42.5 Å². The van der Waals surface area contributed by atoms with Gasteiger partial charge in [0, 0.05) is 11.7 Å². The maximum Gasteiger partial charge on any atom is 0.241 e. The summed E-state index contributed by atoms with van der Waals surface area (Å²) in [5.41, 5.74) is 0.755. The first-order valence-corrected chi connectivity index (χ1v) is 8.16. The fourth-order valence-electron chi connectivity index (χ4n) is 2.45. The van der Waals surface area contributed by atoms with Crippen LogP contribution in [0.5, 0.6) is 0 Å². The molecule has 5 nitrogen and oxygen atoms in total. The Bertz CT molecular complexity index is 727. The van der Waals surface area contributed by atoms with Crippen LogP contribution in [-0.4, -0.2) is 42.4 Å². The molecule has 0 heterocycles. The first-order chi connectivity index (χ1) is 11.4. The van der Waals surface area contributed by atoms with Gasteiger partial charge in [0.2, 0.25) is 11.8 Å². The molecule has 0 aliphatic carbocycles. The molecule has 0 spiro atoms. The van der Waals surface area contributed by atoms with Gasteiger partial charge in [0.15, 0.2) is 0 Å². The van der Waals surface area contributed by atoms with Crippen LogP contribution in [0.15, 0.2) is 42.5 Å². The maximum atomic E-state index is 12.4. The van der Waals surface area contributed by atoms with Crippen molar-refractivity contribution < 1.29 is 9.59 Å². The Hall–Kier alpha value is -2.40. The molecule has 2 amide bonds. The number of likely N-dealkylation sites (N-methyl/N-ethyl adjacent to an activating group) is 1. The zero-order chi connectivity index (χ0) is 17.7. The summed E-state index contributed by atoms with van der Waals surface area (Å²) in [5, 5.41) is 7.95. The zero-order valence-corrected chi connectivity index (χ0v) is 14.7. The predicted molar refractivity (Wildman–Crippen MR) is 97.9 cm³/mol. The van der Waals surface area contributed by atoms with Crippen molar-refractivity contribution >= 4 is 28.3 Å². The fourth-order valence-corrected chi connectivity index (χ4v) is 2.45. The number of benzene rings is 2. The van der Waals surface area contributed by atoms with Crippen LogP contribution in [0, 0.1) is 0 Å². The van der Waals surface area contributed by atoms with Gasteiger partial charge < -0.3 is 10.6 Å². The lowest BCUT2D eigenvalue weighted by atomic mass is 10.1. The average molecular weight is 327 g/mol. The summed E-state index contributed by atoms with van der Waals surface area (Å²) in [6.45, 7) is 5.80. The molecule has 0 saturated heterocycles. The van der Waals surface area contributed by atoms with Crippen LogP contribution in [0.2, 0.25) is 0 Å². The number of amides is 2. The Morgan fingerprint density at radius 1 is 1.04 bits per heavy atom. The van der Waals surface area contributed by atoms with Gasteiger partial charge in [-0.15, -0.1) is 0 Å². The van der Waals surface area contributed by atoms with Gasteiger partial charge in [-0.3, -0.25) is 14.5 Å². The predicted octanol–water partition coefficient (Wildman–Crippen LogP) is 2.62. The standard InChI is InChI=1S/C19H25N3O2/c1-13(2)20-18(23)12-22(4)14(3)19(24)21-17-10-9-15-7-5-6-8-16(15)11-17/h5-11,13-14H,12H2,1-4H3,(H,20,23)(H,21,24)/t14-/m0/s1. The van der Waals surface area contributed by atoms with E-state index >= 15 is 0 Å². The molecular weight excluding hydrogens is 302 g/mol. The second-order valence-electron chi connectivity index (χ2n) is 6.36. The molecule has 0 aromatic heterocycles. The highest BCUT2D eigenvalue weighted by Crippen LogP contribution is 2.19. The normalized spacial score (nSPS) is 12.4. The van der Waals surface area contributed by atoms with E-state index in [-0.39, 0.29) is 24.4 Å². The van der Waals surface area contributed by atoms with E-state index in [1.165, 1.54) is 0 Å². The Morgan fingerprint density at radius 2 is 1.71 bits per heavy atom. The third kappa shape index (κ3) is 4.80. The van der Waals surface area contributed by atoms with E-state index in [0.29, 0.717) is 0 Å². The summed E-state index contributed by atoms with van der Waals surface area (Å²) < 4.78 is 0. The molecular formula is C19H25N3O2. The molecule has 0 bridgehead atoms. The summed E-state index contributed by atoms with van der Waals surface area (Å²) in [6, 6.07) is 13.5. The van der Waals surface area contributed by atoms with Crippen LogP contribution in [0.1, 0.15) is 20.8 Å². The molecule has 24 heavy (non-hydrogen) atoms. The first-order valence-electron chi connectivity index (χ1n) is 8.16. The average Bonchev–Trinajstić information content (AvgIpc) is 2.53. The molecule has 2 rings (SSSR count). The molecule has 2 N–H and O–H groups in total. The number of carbonyl (C=O) groups is 2. The minimum absolute atomic E-state index is 0.0853. The number of nitrogens with zero attached hydrogens (tertiary/aromatic N) is 1. The first kappa shape index (κ1) is 17.9. The molecule has 0 unspecified atom stereocenters. The topological polar surface area (TPSA) is 61.4 Å². The smallest absolute Gasteiger partial charge is 0.241 e. The van der Waals surface area contributed by atoms with Gasteiger partial charge in [0.05, 0.1) is 12.6 Å². The molecule has 0 aliphatic rings. The quantitative estimate of drug-likeness (QED) is 0.857. The van der Waals surface area contributed by atoms with Crippen molar-refractivity contribution in [1.82, 2.24) is 10.2 Å². The lowest BCUT2D eigenvalue weighted by Crippen LogP contribution is -2.45. The van der Waals surface area contributed by atoms with Crippen LogP contribution < -0.4 is 10.6 Å². The SMILES string of the molecule is CC(C)NC(=O)CN(C)[C@@H](C)C(=O)Nc1ccc2ccccc2c1. The van der Waals surface area contributed by atoms with Gasteiger partial charge in [0.1, 0.15) is 0 Å². The van der Waals surface area contributed by atoms with E-state index < -0.39 is 6.04 Å². The summed E-state index contributed by atoms with van der Waals surface area (Å²) in [5.74, 6) is -0.219. The molecule has 2 aromatic carbocycles. The van der Waals surface area contributed by atoms with Crippen molar-refractivity contribution in [1.29, 1.82) is 0 Å². The molecule has 0 fully saturated rings. The van der Waals surface area contributed by atoms with Gasteiger partial charge >= 0.3 is 0 Å². The lowest BCUT2D eigenvalue weighted by Gasteiger charge is -2.23. The molecule has 0 saturated carbocycles. The molecule has 5 heteroatoms. The summed E-state index contributed by atoms with van der Waals surface area (Å²) >= 11 is 0. The third-order valence-corrected chi connectivity index (χ3v) is 3.90. The number of hydrogen-bond donors (Lipinski definition) is 2. The monoisotopic (exact) mass is 327 g/mol. The Balaban J connectivity index is 1.98. The highest BCUT2D eigenvalue weighted by molar-refractivity contribution is 5.97. The number of nitrogens with one attached hydrogen (secondary N) is 2. The summed E-state index contributed by atoms with van der Waals surface area (Å²) in [4.78, 5) is 26.0. The minimum atomic E-state index is -0.408. The van der Waals surface area contributed by atoms with Crippen LogP contribution in [-0.2, 0) is 9.59 Å². The van der Waals surface area contributed by atoms with Gasteiger partial charge in [-0.1, -0.05) is 30.3 Å². The number of fused-ring (bicyclic) bond motifs is 1. The molecule has 128 valence electrons. The van der Waals surface area contributed by atoms with Crippen LogP contribution in [0.4, 0.5) is 5.69 Å². The zero-order valence-electron chi connectivity index (χ0n) is 14.7. The van der Waals surface area contributed by atoms with Crippen molar-refractivity contribution in [2.45, 2.75) is 32.9 Å². The number of anilines is 1. The lowest BCUT2D eigenvalue weighted by molar-refractivity contribution is -0.125. The third-order valence-electron chi connectivity index (χ3n) is 3.90. The maximum absolute atomic E-state index is 12.4. The number of rotatable bonds is 6. The Kier molecular flexibility index (Phi) is 5.93. The van der Waals surface area contributed by atoms with E-state index in [1.54, 1.807) is 18.9 Å². The largest absolute Gasteiger partial charge is 0.353 e. The molecule has 0 aliphatic heterocycles.